The quantitative estimate of drug-likeness (QED) is 0.341. The number of aliphatic hydroxyl groups is 1. The van der Waals surface area contributed by atoms with Gasteiger partial charge in [0.1, 0.15) is 0 Å². The molecule has 4 nitrogen and oxygen atoms in total. The highest BCUT2D eigenvalue weighted by molar-refractivity contribution is 5.73. The van der Waals surface area contributed by atoms with Crippen LogP contribution in [0.3, 0.4) is 0 Å². The molecule has 2 N–H and O–H groups in total. The normalized spacial score (nSPS) is 16.5. The third-order valence-corrected chi connectivity index (χ3v) is 6.87. The predicted octanol–water partition coefficient (Wildman–Crippen LogP) is 6.86. The van der Waals surface area contributed by atoms with Crippen molar-refractivity contribution in [2.24, 2.45) is 0 Å². The first-order valence-corrected chi connectivity index (χ1v) is 12.0. The topological polar surface area (TPSA) is 52.6 Å². The van der Waals surface area contributed by atoms with Crippen LogP contribution in [0.2, 0.25) is 0 Å². The first-order chi connectivity index (χ1) is 17.9. The molecule has 3 rings (SSSR count). The van der Waals surface area contributed by atoms with E-state index in [-0.39, 0.29) is 24.2 Å². The van der Waals surface area contributed by atoms with Gasteiger partial charge in [0, 0.05) is 26.1 Å². The molecule has 1 amide bonds. The summed E-state index contributed by atoms with van der Waals surface area (Å²) in [6, 6.07) is 2.40. The molecule has 0 saturated heterocycles. The number of aliphatic hydroxyl groups excluding tert-OH is 1. The van der Waals surface area contributed by atoms with Crippen LogP contribution in [-0.2, 0) is 36.4 Å². The molecule has 2 atom stereocenters. The Kier molecular flexibility index (Phi) is 8.95. The van der Waals surface area contributed by atoms with Gasteiger partial charge in [-0.25, -0.2) is 0 Å². The second-order valence-corrected chi connectivity index (χ2v) is 9.66. The molecule has 39 heavy (non-hydrogen) atoms. The van der Waals surface area contributed by atoms with E-state index in [4.69, 9.17) is 0 Å². The Balaban J connectivity index is 1.97. The summed E-state index contributed by atoms with van der Waals surface area (Å²) in [6.07, 6.45) is -14.2. The number of amides is 1. The predicted molar refractivity (Wildman–Crippen MR) is 123 cm³/mol. The van der Waals surface area contributed by atoms with Crippen molar-refractivity contribution in [1.82, 2.24) is 10.2 Å². The first-order valence-electron chi connectivity index (χ1n) is 12.0. The lowest BCUT2D eigenvalue weighted by Gasteiger charge is -2.33. The fraction of sp³-hybridized carbons (Fsp3) is 0.500. The molecule has 0 spiro atoms. The fourth-order valence-corrected chi connectivity index (χ4v) is 4.31. The molecule has 0 radical (unpaired) electrons. The van der Waals surface area contributed by atoms with E-state index in [0.29, 0.717) is 17.7 Å². The van der Waals surface area contributed by atoms with Crippen molar-refractivity contribution in [2.45, 2.75) is 82.9 Å². The van der Waals surface area contributed by atoms with Crippen LogP contribution in [0, 0.1) is 0 Å². The van der Waals surface area contributed by atoms with Crippen molar-refractivity contribution in [2.75, 3.05) is 0 Å². The standard InChI is InChI=1S/C26H27F9N2O2/c1-14(23(39)17-8-20(25(30,31)32)11-21(9-17)26(33,34)35)37(15(2)38)13-18-10-19(24(27,28)29)7-6-16(18)12-36-22-4-3-5-22/h6-11,14,22-23,36,39H,3-5,12-13H2,1-2H3/t14-,23-/m0/s1. The van der Waals surface area contributed by atoms with Gasteiger partial charge in [-0.15, -0.1) is 0 Å². The zero-order valence-corrected chi connectivity index (χ0v) is 20.9. The number of hydrogen-bond acceptors (Lipinski definition) is 3. The largest absolute Gasteiger partial charge is 0.416 e. The molecule has 0 heterocycles. The minimum atomic E-state index is -5.15. The van der Waals surface area contributed by atoms with E-state index < -0.39 is 65.4 Å². The molecule has 1 fully saturated rings. The SMILES string of the molecule is CC(=O)N(Cc1cc(C(F)(F)F)ccc1CNC1CCC1)[C@@H](C)[C@H](O)c1cc(C(F)(F)F)cc(C(F)(F)F)c1. The van der Waals surface area contributed by atoms with Crippen molar-refractivity contribution in [1.29, 1.82) is 0 Å². The van der Waals surface area contributed by atoms with Gasteiger partial charge < -0.3 is 15.3 Å². The van der Waals surface area contributed by atoms with Crippen molar-refractivity contribution in [3.05, 3.63) is 69.8 Å². The van der Waals surface area contributed by atoms with Crippen molar-refractivity contribution < 1.29 is 49.4 Å². The molecule has 13 heteroatoms. The lowest BCUT2D eigenvalue weighted by molar-refractivity contribution is -0.144. The van der Waals surface area contributed by atoms with Crippen molar-refractivity contribution >= 4 is 5.91 Å². The van der Waals surface area contributed by atoms with Gasteiger partial charge in [-0.3, -0.25) is 4.79 Å². The number of rotatable bonds is 8. The molecule has 0 bridgehead atoms. The van der Waals surface area contributed by atoms with Gasteiger partial charge in [-0.05, 0) is 66.8 Å². The molecule has 1 aliphatic rings. The molecule has 0 unspecified atom stereocenters. The molecule has 0 aromatic heterocycles. The second-order valence-electron chi connectivity index (χ2n) is 9.66. The maximum atomic E-state index is 13.4. The van der Waals surface area contributed by atoms with Crippen LogP contribution in [0.4, 0.5) is 39.5 Å². The molecule has 1 aliphatic carbocycles. The zero-order chi connectivity index (χ0) is 29.3. The van der Waals surface area contributed by atoms with E-state index in [1.807, 2.05) is 0 Å². The lowest BCUT2D eigenvalue weighted by atomic mass is 9.92. The van der Waals surface area contributed by atoms with Gasteiger partial charge in [-0.1, -0.05) is 12.5 Å². The molecular formula is C26H27F9N2O2. The first kappa shape index (κ1) is 30.7. The molecule has 2 aromatic rings. The smallest absolute Gasteiger partial charge is 0.386 e. The van der Waals surface area contributed by atoms with Crippen LogP contribution in [0.5, 0.6) is 0 Å². The zero-order valence-electron chi connectivity index (χ0n) is 20.9. The van der Waals surface area contributed by atoms with E-state index in [1.54, 1.807) is 0 Å². The molecule has 216 valence electrons. The van der Waals surface area contributed by atoms with Crippen LogP contribution in [-0.4, -0.2) is 28.0 Å². The van der Waals surface area contributed by atoms with E-state index in [9.17, 15) is 49.4 Å². The van der Waals surface area contributed by atoms with E-state index >= 15 is 0 Å². The Labute approximate surface area is 218 Å². The Bertz CT molecular complexity index is 1140. The highest BCUT2D eigenvalue weighted by Gasteiger charge is 2.39. The maximum Gasteiger partial charge on any atom is 0.416 e. The number of carbonyl (C=O) groups excluding carboxylic acids is 1. The number of hydrogen-bond donors (Lipinski definition) is 2. The summed E-state index contributed by atoms with van der Waals surface area (Å²) >= 11 is 0. The third-order valence-electron chi connectivity index (χ3n) is 6.87. The van der Waals surface area contributed by atoms with Gasteiger partial charge >= 0.3 is 18.5 Å². The van der Waals surface area contributed by atoms with Crippen LogP contribution in [0.15, 0.2) is 36.4 Å². The lowest BCUT2D eigenvalue weighted by Crippen LogP contribution is -2.41. The summed E-state index contributed by atoms with van der Waals surface area (Å²) < 4.78 is 120. The number of halogens is 9. The summed E-state index contributed by atoms with van der Waals surface area (Å²) in [5, 5.41) is 14.0. The molecule has 1 saturated carbocycles. The third kappa shape index (κ3) is 7.65. The summed E-state index contributed by atoms with van der Waals surface area (Å²) in [7, 11) is 0. The minimum absolute atomic E-state index is 0.0749. The average Bonchev–Trinajstić information content (AvgIpc) is 2.78. The van der Waals surface area contributed by atoms with E-state index in [0.717, 1.165) is 43.2 Å². The molecular weight excluding hydrogens is 543 g/mol. The van der Waals surface area contributed by atoms with Gasteiger partial charge in [0.2, 0.25) is 5.91 Å². The Hall–Kier alpha value is -2.80. The van der Waals surface area contributed by atoms with Gasteiger partial charge in [-0.2, -0.15) is 39.5 Å². The Morgan fingerprint density at radius 3 is 1.87 bits per heavy atom. The van der Waals surface area contributed by atoms with Crippen LogP contribution < -0.4 is 5.32 Å². The maximum absolute atomic E-state index is 13.4. The monoisotopic (exact) mass is 570 g/mol. The summed E-state index contributed by atoms with van der Waals surface area (Å²) in [5.74, 6) is -0.750. The second kappa shape index (κ2) is 11.4. The summed E-state index contributed by atoms with van der Waals surface area (Å²) in [6.45, 7) is 1.95. The van der Waals surface area contributed by atoms with E-state index in [2.05, 4.69) is 5.32 Å². The van der Waals surface area contributed by atoms with Crippen molar-refractivity contribution in [3.8, 4) is 0 Å². The van der Waals surface area contributed by atoms with Crippen molar-refractivity contribution in [3.63, 3.8) is 0 Å². The van der Waals surface area contributed by atoms with Crippen LogP contribution in [0.25, 0.3) is 0 Å². The number of nitrogens with one attached hydrogen (secondary N) is 1. The number of nitrogens with zero attached hydrogens (tertiary/aromatic N) is 1. The number of alkyl halides is 9. The Morgan fingerprint density at radius 1 is 0.897 bits per heavy atom. The highest BCUT2D eigenvalue weighted by atomic mass is 19.4. The summed E-state index contributed by atoms with van der Waals surface area (Å²) in [4.78, 5) is 13.4. The minimum Gasteiger partial charge on any atom is -0.386 e. The Morgan fingerprint density at radius 2 is 1.44 bits per heavy atom. The average molecular weight is 570 g/mol. The van der Waals surface area contributed by atoms with Gasteiger partial charge in [0.15, 0.2) is 0 Å². The van der Waals surface area contributed by atoms with Crippen LogP contribution in [0.1, 0.15) is 72.6 Å². The summed E-state index contributed by atoms with van der Waals surface area (Å²) in [5.41, 5.74) is -4.52. The molecule has 2 aromatic carbocycles. The highest BCUT2D eigenvalue weighted by Crippen LogP contribution is 2.39. The van der Waals surface area contributed by atoms with Gasteiger partial charge in [0.05, 0.1) is 28.8 Å². The van der Waals surface area contributed by atoms with E-state index in [1.165, 1.54) is 13.0 Å². The fourth-order valence-electron chi connectivity index (χ4n) is 4.31. The van der Waals surface area contributed by atoms with Gasteiger partial charge in [0.25, 0.3) is 0 Å². The molecule has 0 aliphatic heterocycles. The van der Waals surface area contributed by atoms with Crippen LogP contribution >= 0.6 is 0 Å². The number of carbonyl (C=O) groups is 1. The number of benzene rings is 2.